The Balaban J connectivity index is 1.75. The van der Waals surface area contributed by atoms with Crippen LogP contribution in [0.1, 0.15) is 28.8 Å². The van der Waals surface area contributed by atoms with Crippen molar-refractivity contribution in [3.05, 3.63) is 92.0 Å². The lowest BCUT2D eigenvalue weighted by atomic mass is 9.85. The van der Waals surface area contributed by atoms with Crippen molar-refractivity contribution in [3.63, 3.8) is 0 Å². The van der Waals surface area contributed by atoms with Crippen molar-refractivity contribution in [2.45, 2.75) is 19.4 Å². The van der Waals surface area contributed by atoms with Gasteiger partial charge in [-0.15, -0.1) is 0 Å². The maximum Gasteiger partial charge on any atom is 0.282 e. The number of amides is 3. The van der Waals surface area contributed by atoms with Crippen molar-refractivity contribution in [2.24, 2.45) is 11.8 Å². The molecule has 0 N–H and O–H groups in total. The normalized spacial score (nSPS) is 19.3. The molecule has 1 aliphatic carbocycles. The van der Waals surface area contributed by atoms with Crippen LogP contribution in [0.3, 0.4) is 0 Å². The molecule has 0 unspecified atom stereocenters. The Morgan fingerprint density at radius 2 is 1.48 bits per heavy atom. The second-order valence-corrected chi connectivity index (χ2v) is 7.70. The Labute approximate surface area is 187 Å². The van der Waals surface area contributed by atoms with E-state index in [2.05, 4.69) is 0 Å². The van der Waals surface area contributed by atoms with Crippen molar-refractivity contribution in [1.29, 1.82) is 0 Å². The first kappa shape index (κ1) is 21.8. The molecule has 0 saturated carbocycles. The number of hydrogen-bond donors (Lipinski definition) is 0. The quantitative estimate of drug-likeness (QED) is 0.285. The first-order valence-corrected chi connectivity index (χ1v) is 10.1. The lowest BCUT2D eigenvalue weighted by Crippen LogP contribution is -2.49. The van der Waals surface area contributed by atoms with Crippen LogP contribution in [0.4, 0.5) is 11.4 Å². The second-order valence-electron chi connectivity index (χ2n) is 7.70. The van der Waals surface area contributed by atoms with Crippen LogP contribution < -0.4 is 0 Å². The molecule has 4 rings (SSSR count). The largest absolute Gasteiger partial charge is 0.282 e. The standard InChI is InChI=1S/C22H18N4O7/c27-20(18-7-3-4-8-19(18)26(32)33)23(13-14-9-11-15(12-10-14)25(30)31)24-21(28)16-5-1-2-6-17(16)22(24)29/h1-4,7-12,16-17H,5-6,13H2/t16-,17-/m1/s1. The molecule has 1 saturated heterocycles. The van der Waals surface area contributed by atoms with E-state index >= 15 is 0 Å². The lowest BCUT2D eigenvalue weighted by Gasteiger charge is -2.30. The number of allylic oxidation sites excluding steroid dienone is 2. The number of fused-ring (bicyclic) bond motifs is 1. The monoisotopic (exact) mass is 450 g/mol. The molecule has 0 spiro atoms. The average molecular weight is 450 g/mol. The smallest absolute Gasteiger partial charge is 0.272 e. The molecular weight excluding hydrogens is 432 g/mol. The number of carbonyl (C=O) groups is 3. The highest BCUT2D eigenvalue weighted by Crippen LogP contribution is 2.37. The van der Waals surface area contributed by atoms with Gasteiger partial charge in [0.15, 0.2) is 0 Å². The highest BCUT2D eigenvalue weighted by atomic mass is 16.6. The minimum Gasteiger partial charge on any atom is -0.272 e. The third-order valence-electron chi connectivity index (χ3n) is 5.77. The summed E-state index contributed by atoms with van der Waals surface area (Å²) in [7, 11) is 0. The second kappa shape index (κ2) is 8.61. The van der Waals surface area contributed by atoms with Gasteiger partial charge in [0.25, 0.3) is 29.1 Å². The first-order valence-electron chi connectivity index (χ1n) is 10.1. The van der Waals surface area contributed by atoms with Crippen LogP contribution in [0.2, 0.25) is 0 Å². The Morgan fingerprint density at radius 3 is 2.03 bits per heavy atom. The zero-order valence-corrected chi connectivity index (χ0v) is 17.2. The molecule has 2 aromatic rings. The number of hydrazine groups is 1. The van der Waals surface area contributed by atoms with Gasteiger partial charge >= 0.3 is 0 Å². The number of benzene rings is 2. The molecule has 11 heteroatoms. The third kappa shape index (κ3) is 3.95. The molecule has 1 fully saturated rings. The Hall–Kier alpha value is -4.41. The van der Waals surface area contributed by atoms with E-state index in [1.165, 1.54) is 42.5 Å². The summed E-state index contributed by atoms with van der Waals surface area (Å²) in [6, 6.07) is 10.5. The number of rotatable bonds is 6. The van der Waals surface area contributed by atoms with E-state index in [0.717, 1.165) is 16.1 Å². The van der Waals surface area contributed by atoms with E-state index in [0.29, 0.717) is 18.4 Å². The number of nitro benzene ring substituents is 2. The number of para-hydroxylation sites is 1. The zero-order valence-electron chi connectivity index (χ0n) is 17.2. The van der Waals surface area contributed by atoms with Crippen LogP contribution in [-0.2, 0) is 16.1 Å². The fourth-order valence-electron chi connectivity index (χ4n) is 4.10. The maximum absolute atomic E-state index is 13.5. The van der Waals surface area contributed by atoms with Gasteiger partial charge in [-0.1, -0.05) is 36.4 Å². The summed E-state index contributed by atoms with van der Waals surface area (Å²) in [5.74, 6) is -3.22. The van der Waals surface area contributed by atoms with Crippen LogP contribution in [-0.4, -0.2) is 37.6 Å². The lowest BCUT2D eigenvalue weighted by molar-refractivity contribution is -0.385. The fraction of sp³-hybridized carbons (Fsp3) is 0.227. The molecule has 1 aliphatic heterocycles. The topological polar surface area (TPSA) is 144 Å². The molecule has 0 aromatic heterocycles. The summed E-state index contributed by atoms with van der Waals surface area (Å²) < 4.78 is 0. The van der Waals surface area contributed by atoms with E-state index in [-0.39, 0.29) is 17.8 Å². The van der Waals surface area contributed by atoms with Crippen molar-refractivity contribution < 1.29 is 24.2 Å². The van der Waals surface area contributed by atoms with Crippen LogP contribution in [0.15, 0.2) is 60.7 Å². The van der Waals surface area contributed by atoms with E-state index in [1.807, 2.05) is 0 Å². The zero-order chi connectivity index (χ0) is 23.7. The Bertz CT molecular complexity index is 1170. The summed E-state index contributed by atoms with van der Waals surface area (Å²) in [5, 5.41) is 24.1. The molecule has 0 radical (unpaired) electrons. The average Bonchev–Trinajstić information content (AvgIpc) is 3.07. The van der Waals surface area contributed by atoms with Crippen molar-refractivity contribution in [2.75, 3.05) is 0 Å². The number of nitro groups is 2. The van der Waals surface area contributed by atoms with E-state index in [9.17, 15) is 34.6 Å². The van der Waals surface area contributed by atoms with Gasteiger partial charge < -0.3 is 0 Å². The van der Waals surface area contributed by atoms with E-state index in [1.54, 1.807) is 12.2 Å². The first-order chi connectivity index (χ1) is 15.8. The third-order valence-corrected chi connectivity index (χ3v) is 5.77. The predicted octanol–water partition coefficient (Wildman–Crippen LogP) is 3.01. The predicted molar refractivity (Wildman–Crippen MR) is 113 cm³/mol. The van der Waals surface area contributed by atoms with E-state index in [4.69, 9.17) is 0 Å². The number of non-ortho nitro benzene ring substituents is 1. The molecule has 2 aromatic carbocycles. The molecule has 33 heavy (non-hydrogen) atoms. The summed E-state index contributed by atoms with van der Waals surface area (Å²) in [4.78, 5) is 60.9. The number of nitrogens with zero attached hydrogens (tertiary/aromatic N) is 4. The van der Waals surface area contributed by atoms with Gasteiger partial charge in [0, 0.05) is 18.2 Å². The number of imide groups is 1. The van der Waals surface area contributed by atoms with Gasteiger partial charge in [0.1, 0.15) is 5.56 Å². The fourth-order valence-corrected chi connectivity index (χ4v) is 4.10. The maximum atomic E-state index is 13.5. The molecule has 2 atom stereocenters. The molecule has 168 valence electrons. The molecule has 0 bridgehead atoms. The summed E-state index contributed by atoms with van der Waals surface area (Å²) in [6.07, 6.45) is 4.33. The van der Waals surface area contributed by atoms with Gasteiger partial charge in [-0.25, -0.2) is 5.01 Å². The van der Waals surface area contributed by atoms with Crippen LogP contribution >= 0.6 is 0 Å². The van der Waals surface area contributed by atoms with Crippen LogP contribution in [0.5, 0.6) is 0 Å². The molecule has 11 nitrogen and oxygen atoms in total. The van der Waals surface area contributed by atoms with Crippen LogP contribution in [0, 0.1) is 32.1 Å². The minimum atomic E-state index is -0.894. The van der Waals surface area contributed by atoms with Gasteiger partial charge in [-0.2, -0.15) is 5.01 Å². The summed E-state index contributed by atoms with van der Waals surface area (Å²) in [5.41, 5.74) is -0.505. The summed E-state index contributed by atoms with van der Waals surface area (Å²) in [6.45, 7) is -0.284. The van der Waals surface area contributed by atoms with E-state index < -0.39 is 45.1 Å². The molecular formula is C22H18N4O7. The summed E-state index contributed by atoms with van der Waals surface area (Å²) >= 11 is 0. The number of carbonyl (C=O) groups excluding carboxylic acids is 3. The van der Waals surface area contributed by atoms with Gasteiger partial charge in [-0.05, 0) is 24.5 Å². The number of hydrogen-bond acceptors (Lipinski definition) is 7. The van der Waals surface area contributed by atoms with Gasteiger partial charge in [0.2, 0.25) is 0 Å². The van der Waals surface area contributed by atoms with Gasteiger partial charge in [0.05, 0.1) is 28.2 Å². The van der Waals surface area contributed by atoms with Crippen molar-refractivity contribution in [3.8, 4) is 0 Å². The SMILES string of the molecule is O=C(c1ccccc1[N+](=O)[O-])N(Cc1ccc([N+](=O)[O-])cc1)N1C(=O)[C@@H]2CC=CC[C@H]2C1=O. The van der Waals surface area contributed by atoms with Crippen molar-refractivity contribution in [1.82, 2.24) is 10.0 Å². The van der Waals surface area contributed by atoms with Crippen molar-refractivity contribution >= 4 is 29.1 Å². The molecule has 2 aliphatic rings. The highest BCUT2D eigenvalue weighted by Gasteiger charge is 2.51. The van der Waals surface area contributed by atoms with Gasteiger partial charge in [-0.3, -0.25) is 34.6 Å². The molecule has 1 heterocycles. The highest BCUT2D eigenvalue weighted by molar-refractivity contribution is 6.08. The molecule has 3 amide bonds. The van der Waals surface area contributed by atoms with Crippen LogP contribution in [0.25, 0.3) is 0 Å². The Kier molecular flexibility index (Phi) is 5.69. The minimum absolute atomic E-state index is 0.166. The Morgan fingerprint density at radius 1 is 0.909 bits per heavy atom.